The first-order valence-electron chi connectivity index (χ1n) is 10.5. The largest absolute Gasteiger partial charge is 0.454 e. The molecule has 7 heteroatoms. The molecule has 0 spiro atoms. The molecule has 30 heavy (non-hydrogen) atoms. The highest BCUT2D eigenvalue weighted by atomic mass is 32.2. The second-order valence-electron chi connectivity index (χ2n) is 8.35. The van der Waals surface area contributed by atoms with Gasteiger partial charge in [0.15, 0.2) is 11.5 Å². The van der Waals surface area contributed by atoms with Crippen LogP contribution in [0.1, 0.15) is 47.8 Å². The summed E-state index contributed by atoms with van der Waals surface area (Å²) in [6.45, 7) is 3.97. The fraction of sp³-hybridized carbons (Fsp3) is 0.478. The van der Waals surface area contributed by atoms with Crippen LogP contribution in [0.3, 0.4) is 0 Å². The number of benzene rings is 2. The van der Waals surface area contributed by atoms with Gasteiger partial charge in [-0.1, -0.05) is 36.4 Å². The van der Waals surface area contributed by atoms with Crippen LogP contribution in [0.15, 0.2) is 42.5 Å². The highest BCUT2D eigenvalue weighted by molar-refractivity contribution is 7.85. The Morgan fingerprint density at radius 2 is 1.87 bits per heavy atom. The molecule has 2 atom stereocenters. The number of ether oxygens (including phenoxy) is 2. The zero-order valence-corrected chi connectivity index (χ0v) is 18.1. The highest BCUT2D eigenvalue weighted by Crippen LogP contribution is 2.44. The predicted octanol–water partition coefficient (Wildman–Crippen LogP) is 3.83. The lowest BCUT2D eigenvalue weighted by molar-refractivity contribution is 0.173. The Bertz CT molecular complexity index is 969. The lowest BCUT2D eigenvalue weighted by Gasteiger charge is -2.30. The van der Waals surface area contributed by atoms with E-state index in [1.165, 1.54) is 55.6 Å². The molecule has 0 aromatic heterocycles. The van der Waals surface area contributed by atoms with E-state index in [1.807, 2.05) is 0 Å². The van der Waals surface area contributed by atoms with Crippen molar-refractivity contribution in [3.63, 3.8) is 0 Å². The van der Waals surface area contributed by atoms with Crippen molar-refractivity contribution in [2.45, 2.75) is 37.5 Å². The highest BCUT2D eigenvalue weighted by Gasteiger charge is 2.31. The zero-order chi connectivity index (χ0) is 21.1. The summed E-state index contributed by atoms with van der Waals surface area (Å²) in [5.41, 5.74) is 4.40. The van der Waals surface area contributed by atoms with E-state index >= 15 is 0 Å². The van der Waals surface area contributed by atoms with Gasteiger partial charge in [0.05, 0.1) is 6.26 Å². The third-order valence-corrected chi connectivity index (χ3v) is 6.12. The van der Waals surface area contributed by atoms with Crippen LogP contribution in [-0.2, 0) is 16.5 Å². The first kappa shape index (κ1) is 21.2. The van der Waals surface area contributed by atoms with Gasteiger partial charge in [-0.05, 0) is 61.3 Å². The lowest BCUT2D eigenvalue weighted by atomic mass is 9.82. The average molecular weight is 432 g/mol. The Kier molecular flexibility index (Phi) is 6.32. The summed E-state index contributed by atoms with van der Waals surface area (Å²) in [7, 11) is -3.67. The molecule has 5 rings (SSSR count). The van der Waals surface area contributed by atoms with Gasteiger partial charge in [0.1, 0.15) is 0 Å². The normalized spacial score (nSPS) is 22.9. The number of nitrogens with zero attached hydrogens (tertiary/aromatic N) is 1. The third kappa shape index (κ3) is 5.14. The summed E-state index contributed by atoms with van der Waals surface area (Å²) in [6, 6.07) is 15.4. The van der Waals surface area contributed by atoms with Gasteiger partial charge in [-0.2, -0.15) is 8.42 Å². The van der Waals surface area contributed by atoms with Gasteiger partial charge in [-0.15, -0.1) is 0 Å². The van der Waals surface area contributed by atoms with Gasteiger partial charge >= 0.3 is 0 Å². The lowest BCUT2D eigenvalue weighted by Crippen LogP contribution is -2.28. The van der Waals surface area contributed by atoms with E-state index in [-0.39, 0.29) is 0 Å². The minimum atomic E-state index is -3.67. The van der Waals surface area contributed by atoms with E-state index in [1.54, 1.807) is 0 Å². The molecule has 3 aliphatic rings. The summed E-state index contributed by atoms with van der Waals surface area (Å²) < 4.78 is 37.2. The molecule has 0 radical (unpaired) electrons. The minimum Gasteiger partial charge on any atom is -0.454 e. The van der Waals surface area contributed by atoms with Crippen molar-refractivity contribution in [1.82, 2.24) is 4.90 Å². The molecule has 2 aromatic rings. The van der Waals surface area contributed by atoms with Gasteiger partial charge in [0.25, 0.3) is 10.1 Å². The molecule has 2 aromatic carbocycles. The van der Waals surface area contributed by atoms with Crippen LogP contribution in [0.25, 0.3) is 0 Å². The van der Waals surface area contributed by atoms with Crippen molar-refractivity contribution >= 4 is 10.1 Å². The molecular weight excluding hydrogens is 402 g/mol. The average Bonchev–Trinajstić information content (AvgIpc) is 3.37. The molecular formula is C23H29NO5S. The number of likely N-dealkylation sites (tertiary alicyclic amines) is 1. The van der Waals surface area contributed by atoms with Crippen LogP contribution < -0.4 is 9.47 Å². The maximum Gasteiger partial charge on any atom is 0.261 e. The second-order valence-corrected chi connectivity index (χ2v) is 9.81. The van der Waals surface area contributed by atoms with E-state index in [0.717, 1.165) is 17.9 Å². The monoisotopic (exact) mass is 431 g/mol. The Hall–Kier alpha value is -2.09. The van der Waals surface area contributed by atoms with Crippen LogP contribution in [-0.4, -0.2) is 50.6 Å². The molecule has 1 fully saturated rings. The van der Waals surface area contributed by atoms with Crippen molar-refractivity contribution in [2.24, 2.45) is 0 Å². The van der Waals surface area contributed by atoms with Crippen LogP contribution in [0.4, 0.5) is 0 Å². The summed E-state index contributed by atoms with van der Waals surface area (Å²) in [4.78, 5) is 2.67. The predicted molar refractivity (Wildman–Crippen MR) is 116 cm³/mol. The zero-order valence-electron chi connectivity index (χ0n) is 17.3. The van der Waals surface area contributed by atoms with Crippen LogP contribution in [0.5, 0.6) is 11.5 Å². The molecule has 0 saturated carbocycles. The second kappa shape index (κ2) is 8.96. The Balaban J connectivity index is 0.000000393. The van der Waals surface area contributed by atoms with Crippen LogP contribution >= 0.6 is 0 Å². The molecule has 2 aliphatic heterocycles. The smallest absolute Gasteiger partial charge is 0.261 e. The molecule has 1 N–H and O–H groups in total. The molecule has 162 valence electrons. The van der Waals surface area contributed by atoms with Gasteiger partial charge in [0, 0.05) is 18.7 Å². The maximum absolute atomic E-state index is 9.19. The molecule has 2 heterocycles. The standard InChI is InChI=1S/C22H25NO2.CH4O3S/c1-2-5-16(6-3-1)17-11-12-23(13-17)14-18-7-4-8-20-19(18)9-10-21-22(20)25-15-24-21;1-5(2,3)4/h1-3,5-6,9-10,17-18H,4,7-8,11-15H2;1H3,(H,2,3,4)/t17-,18-;/m1./s1. The molecule has 6 nitrogen and oxygen atoms in total. The first-order chi connectivity index (χ1) is 14.4. The Labute approximate surface area is 178 Å². The number of hydrogen-bond donors (Lipinski definition) is 1. The van der Waals surface area contributed by atoms with Crippen molar-refractivity contribution in [2.75, 3.05) is 32.7 Å². The number of fused-ring (bicyclic) bond motifs is 3. The molecule has 0 bridgehead atoms. The number of rotatable bonds is 3. The molecule has 0 amide bonds. The molecule has 0 unspecified atom stereocenters. The van der Waals surface area contributed by atoms with E-state index in [2.05, 4.69) is 47.4 Å². The summed E-state index contributed by atoms with van der Waals surface area (Å²) in [5, 5.41) is 0. The van der Waals surface area contributed by atoms with Gasteiger partial charge in [-0.3, -0.25) is 4.55 Å². The SMILES string of the molecule is CS(=O)(=O)O.c1ccc([C@@H]2CCN(C[C@H]3CCCc4c3ccc3c4OCO3)C2)cc1. The quantitative estimate of drug-likeness (QED) is 0.745. The third-order valence-electron chi connectivity index (χ3n) is 6.12. The van der Waals surface area contributed by atoms with E-state index in [9.17, 15) is 8.42 Å². The van der Waals surface area contributed by atoms with Gasteiger partial charge < -0.3 is 14.4 Å². The fourth-order valence-electron chi connectivity index (χ4n) is 4.86. The van der Waals surface area contributed by atoms with Gasteiger partial charge in [0.2, 0.25) is 6.79 Å². The Morgan fingerprint density at radius 1 is 1.10 bits per heavy atom. The fourth-order valence-corrected chi connectivity index (χ4v) is 4.86. The van der Waals surface area contributed by atoms with E-state index < -0.39 is 10.1 Å². The van der Waals surface area contributed by atoms with Crippen LogP contribution in [0, 0.1) is 0 Å². The first-order valence-corrected chi connectivity index (χ1v) is 12.3. The summed E-state index contributed by atoms with van der Waals surface area (Å²) >= 11 is 0. The summed E-state index contributed by atoms with van der Waals surface area (Å²) in [5.74, 6) is 3.28. The van der Waals surface area contributed by atoms with Crippen molar-refractivity contribution in [3.8, 4) is 11.5 Å². The number of hydrogen-bond acceptors (Lipinski definition) is 5. The topological polar surface area (TPSA) is 76.1 Å². The van der Waals surface area contributed by atoms with Crippen LogP contribution in [0.2, 0.25) is 0 Å². The molecule has 1 saturated heterocycles. The minimum absolute atomic E-state index is 0.376. The Morgan fingerprint density at radius 3 is 2.63 bits per heavy atom. The van der Waals surface area contributed by atoms with Crippen molar-refractivity contribution < 1.29 is 22.4 Å². The summed E-state index contributed by atoms with van der Waals surface area (Å²) in [6.07, 6.45) is 5.68. The van der Waals surface area contributed by atoms with E-state index in [4.69, 9.17) is 14.0 Å². The maximum atomic E-state index is 9.19. The van der Waals surface area contributed by atoms with Crippen molar-refractivity contribution in [1.29, 1.82) is 0 Å². The molecule has 1 aliphatic carbocycles. The van der Waals surface area contributed by atoms with Gasteiger partial charge in [-0.25, -0.2) is 0 Å². The van der Waals surface area contributed by atoms with Crippen molar-refractivity contribution in [3.05, 3.63) is 59.2 Å². The van der Waals surface area contributed by atoms with E-state index in [0.29, 0.717) is 24.9 Å².